The average molecular weight is 338 g/mol. The van der Waals surface area contributed by atoms with Gasteiger partial charge < -0.3 is 10.9 Å². The molecule has 0 aliphatic rings. The van der Waals surface area contributed by atoms with Gasteiger partial charge in [0, 0.05) is 21.3 Å². The monoisotopic (exact) mass is 337 g/mol. The summed E-state index contributed by atoms with van der Waals surface area (Å²) in [7, 11) is 0. The molecule has 3 N–H and O–H groups in total. The largest absolute Gasteiger partial charge is 0.409 e. The Balaban J connectivity index is 2.05. The minimum atomic E-state index is 0.0236. The van der Waals surface area contributed by atoms with Gasteiger partial charge in [-0.15, -0.1) is 11.8 Å². The maximum atomic E-state index is 8.63. The van der Waals surface area contributed by atoms with Gasteiger partial charge in [0.15, 0.2) is 5.84 Å². The van der Waals surface area contributed by atoms with E-state index in [1.807, 2.05) is 24.3 Å². The van der Waals surface area contributed by atoms with Crippen molar-refractivity contribution in [3.05, 3.63) is 58.3 Å². The molecule has 0 saturated carbocycles. The molecule has 4 nitrogen and oxygen atoms in total. The van der Waals surface area contributed by atoms with Crippen molar-refractivity contribution in [3.8, 4) is 0 Å². The third kappa shape index (κ3) is 3.97. The van der Waals surface area contributed by atoms with Crippen molar-refractivity contribution >= 4 is 33.5 Å². The Bertz CT molecular complexity index is 587. The molecule has 0 saturated heterocycles. The molecule has 0 amide bonds. The highest BCUT2D eigenvalue weighted by atomic mass is 79.9. The van der Waals surface area contributed by atoms with Crippen molar-refractivity contribution in [2.45, 2.75) is 10.6 Å². The van der Waals surface area contributed by atoms with E-state index >= 15 is 0 Å². The van der Waals surface area contributed by atoms with Gasteiger partial charge in [-0.3, -0.25) is 4.98 Å². The Morgan fingerprint density at radius 3 is 2.74 bits per heavy atom. The second-order valence-electron chi connectivity index (χ2n) is 3.78. The smallest absolute Gasteiger partial charge is 0.188 e. The third-order valence-corrected chi connectivity index (χ3v) is 4.03. The number of thioether (sulfide) groups is 1. The van der Waals surface area contributed by atoms with Crippen LogP contribution < -0.4 is 5.73 Å². The van der Waals surface area contributed by atoms with Gasteiger partial charge >= 0.3 is 0 Å². The summed E-state index contributed by atoms with van der Waals surface area (Å²) in [6.45, 7) is 0. The third-order valence-electron chi connectivity index (χ3n) is 2.41. The fraction of sp³-hybridized carbons (Fsp3) is 0.0769. The standard InChI is InChI=1S/C13H12BrN3OS/c14-10-1-3-11(4-2-10)19-8-9-5-6-16-12(7-9)13(15)17-18/h1-7,18H,8H2,(H2,15,17). The number of amidine groups is 1. The molecule has 0 fully saturated rings. The lowest BCUT2D eigenvalue weighted by atomic mass is 10.2. The zero-order chi connectivity index (χ0) is 13.7. The number of benzene rings is 1. The van der Waals surface area contributed by atoms with E-state index in [1.54, 1.807) is 18.0 Å². The lowest BCUT2D eigenvalue weighted by Gasteiger charge is -2.04. The molecule has 0 spiro atoms. The van der Waals surface area contributed by atoms with Crippen LogP contribution in [-0.2, 0) is 5.75 Å². The van der Waals surface area contributed by atoms with Gasteiger partial charge in [0.25, 0.3) is 0 Å². The molecule has 1 aromatic carbocycles. The lowest BCUT2D eigenvalue weighted by Crippen LogP contribution is -2.15. The van der Waals surface area contributed by atoms with Crippen molar-refractivity contribution in [1.82, 2.24) is 4.98 Å². The van der Waals surface area contributed by atoms with Crippen LogP contribution in [-0.4, -0.2) is 16.0 Å². The second-order valence-corrected chi connectivity index (χ2v) is 5.74. The van der Waals surface area contributed by atoms with Crippen LogP contribution in [0.4, 0.5) is 0 Å². The number of pyridine rings is 1. The maximum Gasteiger partial charge on any atom is 0.188 e. The van der Waals surface area contributed by atoms with Crippen molar-refractivity contribution in [1.29, 1.82) is 0 Å². The van der Waals surface area contributed by atoms with Gasteiger partial charge in [-0.25, -0.2) is 0 Å². The van der Waals surface area contributed by atoms with E-state index < -0.39 is 0 Å². The number of nitrogens with two attached hydrogens (primary N) is 1. The topological polar surface area (TPSA) is 71.5 Å². The van der Waals surface area contributed by atoms with Crippen molar-refractivity contribution in [2.24, 2.45) is 10.9 Å². The second kappa shape index (κ2) is 6.58. The molecule has 6 heteroatoms. The van der Waals surface area contributed by atoms with Crippen molar-refractivity contribution < 1.29 is 5.21 Å². The summed E-state index contributed by atoms with van der Waals surface area (Å²) >= 11 is 5.13. The Hall–Kier alpha value is -1.53. The van der Waals surface area contributed by atoms with E-state index in [-0.39, 0.29) is 5.84 Å². The number of hydrogen-bond acceptors (Lipinski definition) is 4. The maximum absolute atomic E-state index is 8.63. The van der Waals surface area contributed by atoms with Crippen LogP contribution in [0, 0.1) is 0 Å². The number of nitrogens with zero attached hydrogens (tertiary/aromatic N) is 2. The zero-order valence-corrected chi connectivity index (χ0v) is 12.4. The minimum Gasteiger partial charge on any atom is -0.409 e. The van der Waals surface area contributed by atoms with E-state index in [2.05, 4.69) is 38.2 Å². The first-order valence-electron chi connectivity index (χ1n) is 5.50. The Kier molecular flexibility index (Phi) is 4.81. The lowest BCUT2D eigenvalue weighted by molar-refractivity contribution is 0.318. The van der Waals surface area contributed by atoms with E-state index in [0.29, 0.717) is 5.69 Å². The summed E-state index contributed by atoms with van der Waals surface area (Å²) in [4.78, 5) is 5.23. The van der Waals surface area contributed by atoms with E-state index in [4.69, 9.17) is 10.9 Å². The fourth-order valence-electron chi connectivity index (χ4n) is 1.45. The molecule has 1 heterocycles. The first kappa shape index (κ1) is 13.9. The summed E-state index contributed by atoms with van der Waals surface area (Å²) in [5, 5.41) is 11.6. The summed E-state index contributed by atoms with van der Waals surface area (Å²) in [5.74, 6) is 0.825. The molecule has 2 rings (SSSR count). The highest BCUT2D eigenvalue weighted by Gasteiger charge is 2.03. The van der Waals surface area contributed by atoms with Crippen LogP contribution in [0.3, 0.4) is 0 Å². The van der Waals surface area contributed by atoms with E-state index in [1.165, 1.54) is 4.90 Å². The molecule has 0 bridgehead atoms. The highest BCUT2D eigenvalue weighted by Crippen LogP contribution is 2.24. The predicted octanol–water partition coefficient (Wildman–Crippen LogP) is 3.23. The van der Waals surface area contributed by atoms with Gasteiger partial charge in [0.1, 0.15) is 5.69 Å². The van der Waals surface area contributed by atoms with Crippen LogP contribution >= 0.6 is 27.7 Å². The quantitative estimate of drug-likeness (QED) is 0.295. The van der Waals surface area contributed by atoms with Crippen LogP contribution in [0.25, 0.3) is 0 Å². The molecular formula is C13H12BrN3OS. The van der Waals surface area contributed by atoms with Crippen LogP contribution in [0.15, 0.2) is 57.1 Å². The summed E-state index contributed by atoms with van der Waals surface area (Å²) in [6, 6.07) is 11.9. The average Bonchev–Trinajstić information content (AvgIpc) is 2.46. The molecule has 0 aliphatic carbocycles. The van der Waals surface area contributed by atoms with Crippen LogP contribution in [0.2, 0.25) is 0 Å². The Morgan fingerprint density at radius 2 is 2.05 bits per heavy atom. The summed E-state index contributed by atoms with van der Waals surface area (Å²) in [5.41, 5.74) is 7.07. The van der Waals surface area contributed by atoms with E-state index in [0.717, 1.165) is 15.8 Å². The molecule has 0 atom stereocenters. The van der Waals surface area contributed by atoms with Gasteiger partial charge in [-0.05, 0) is 42.0 Å². The fourth-order valence-corrected chi connectivity index (χ4v) is 2.56. The molecule has 2 aromatic rings. The molecule has 0 unspecified atom stereocenters. The van der Waals surface area contributed by atoms with Crippen molar-refractivity contribution in [3.63, 3.8) is 0 Å². The normalized spacial score (nSPS) is 11.5. The number of aromatic nitrogens is 1. The number of halogens is 1. The van der Waals surface area contributed by atoms with Crippen molar-refractivity contribution in [2.75, 3.05) is 0 Å². The minimum absolute atomic E-state index is 0.0236. The van der Waals surface area contributed by atoms with Gasteiger partial charge in [-0.2, -0.15) is 0 Å². The van der Waals surface area contributed by atoms with Gasteiger partial charge in [-0.1, -0.05) is 21.1 Å². The molecule has 1 aromatic heterocycles. The summed E-state index contributed by atoms with van der Waals surface area (Å²) < 4.78 is 1.06. The zero-order valence-electron chi connectivity index (χ0n) is 9.95. The summed E-state index contributed by atoms with van der Waals surface area (Å²) in [6.07, 6.45) is 1.66. The highest BCUT2D eigenvalue weighted by molar-refractivity contribution is 9.10. The molecule has 98 valence electrons. The van der Waals surface area contributed by atoms with Gasteiger partial charge in [0.05, 0.1) is 0 Å². The first-order valence-corrected chi connectivity index (χ1v) is 7.28. The predicted molar refractivity (Wildman–Crippen MR) is 80.5 cm³/mol. The number of oxime groups is 1. The van der Waals surface area contributed by atoms with Crippen LogP contribution in [0.1, 0.15) is 11.3 Å². The van der Waals surface area contributed by atoms with Crippen LogP contribution in [0.5, 0.6) is 0 Å². The Morgan fingerprint density at radius 1 is 1.32 bits per heavy atom. The van der Waals surface area contributed by atoms with Gasteiger partial charge in [0.2, 0.25) is 0 Å². The molecule has 0 radical (unpaired) electrons. The molecule has 19 heavy (non-hydrogen) atoms. The Labute approximate surface area is 123 Å². The SMILES string of the molecule is NC(=NO)c1cc(CSc2ccc(Br)cc2)ccn1. The van der Waals surface area contributed by atoms with E-state index in [9.17, 15) is 0 Å². The number of rotatable bonds is 4. The first-order chi connectivity index (χ1) is 9.19. The molecular weight excluding hydrogens is 326 g/mol. The molecule has 0 aliphatic heterocycles. The number of hydrogen-bond donors (Lipinski definition) is 2.